The molecule has 0 aliphatic carbocycles. The number of rotatable bonds is 4. The molecule has 5 nitrogen and oxygen atoms in total. The van der Waals surface area contributed by atoms with Gasteiger partial charge in [0.15, 0.2) is 9.84 Å². The minimum Gasteiger partial charge on any atom is -0.330 e. The van der Waals surface area contributed by atoms with E-state index >= 15 is 0 Å². The van der Waals surface area contributed by atoms with Crippen LogP contribution in [0.15, 0.2) is 0 Å². The van der Waals surface area contributed by atoms with Gasteiger partial charge in [0.25, 0.3) is 0 Å². The molecule has 0 atom stereocenters. The largest absolute Gasteiger partial charge is 0.330 e. The monoisotopic (exact) mass is 285 g/mol. The normalized spacial score (nSPS) is 16.4. The molecule has 0 saturated heterocycles. The molecule has 1 aromatic rings. The summed E-state index contributed by atoms with van der Waals surface area (Å²) in [5.41, 5.74) is 2.28. The molecular weight excluding hydrogens is 262 g/mol. The maximum Gasteiger partial charge on any atom is 0.154 e. The van der Waals surface area contributed by atoms with Crippen LogP contribution in [0.1, 0.15) is 38.0 Å². The second kappa shape index (κ2) is 4.90. The molecule has 0 saturated carbocycles. The zero-order chi connectivity index (χ0) is 14.3. The first kappa shape index (κ1) is 14.5. The van der Waals surface area contributed by atoms with Gasteiger partial charge >= 0.3 is 0 Å². The van der Waals surface area contributed by atoms with Gasteiger partial charge in [-0.05, 0) is 13.8 Å². The molecule has 1 N–H and O–H groups in total. The molecule has 0 fully saturated rings. The van der Waals surface area contributed by atoms with E-state index in [0.29, 0.717) is 6.54 Å². The third kappa shape index (κ3) is 2.69. The first-order valence-corrected chi connectivity index (χ1v) is 8.63. The molecule has 0 aromatic carbocycles. The molecule has 1 aliphatic rings. The van der Waals surface area contributed by atoms with Crippen LogP contribution in [-0.2, 0) is 35.8 Å². The van der Waals surface area contributed by atoms with E-state index in [0.717, 1.165) is 37.4 Å². The van der Waals surface area contributed by atoms with Crippen LogP contribution >= 0.6 is 0 Å². The predicted octanol–water partition coefficient (Wildman–Crippen LogP) is 0.914. The molecule has 0 spiro atoms. The molecule has 6 heteroatoms. The zero-order valence-corrected chi connectivity index (χ0v) is 13.0. The van der Waals surface area contributed by atoms with Crippen LogP contribution in [0, 0.1) is 0 Å². The minimum atomic E-state index is -3.09. The first-order chi connectivity index (χ1) is 8.76. The Morgan fingerprint density at radius 1 is 1.42 bits per heavy atom. The third-order valence-corrected chi connectivity index (χ3v) is 6.06. The van der Waals surface area contributed by atoms with Gasteiger partial charge in [-0.25, -0.2) is 13.4 Å². The summed E-state index contributed by atoms with van der Waals surface area (Å²) in [6, 6.07) is 0. The highest BCUT2D eigenvalue weighted by atomic mass is 32.2. The van der Waals surface area contributed by atoms with Gasteiger partial charge in [0.05, 0.1) is 10.4 Å². The summed E-state index contributed by atoms with van der Waals surface area (Å²) in [4.78, 5) is 4.64. The number of sulfone groups is 1. The van der Waals surface area contributed by atoms with Crippen molar-refractivity contribution in [3.8, 4) is 0 Å². The van der Waals surface area contributed by atoms with E-state index < -0.39 is 14.6 Å². The molecule has 0 bridgehead atoms. The average Bonchev–Trinajstić information content (AvgIpc) is 2.66. The molecule has 2 rings (SSSR count). The van der Waals surface area contributed by atoms with Crippen LogP contribution in [0.3, 0.4) is 0 Å². The summed E-state index contributed by atoms with van der Waals surface area (Å²) < 4.78 is 25.2. The van der Waals surface area contributed by atoms with E-state index in [2.05, 4.69) is 21.8 Å². The van der Waals surface area contributed by atoms with Crippen LogP contribution in [0.5, 0.6) is 0 Å². The lowest BCUT2D eigenvalue weighted by molar-refractivity contribution is 0.480. The van der Waals surface area contributed by atoms with Crippen molar-refractivity contribution in [2.45, 2.75) is 51.4 Å². The van der Waals surface area contributed by atoms with Crippen LogP contribution in [-0.4, -0.2) is 35.5 Å². The lowest BCUT2D eigenvalue weighted by Gasteiger charge is -2.26. The smallest absolute Gasteiger partial charge is 0.154 e. The molecule has 2 heterocycles. The highest BCUT2D eigenvalue weighted by molar-refractivity contribution is 7.92. The zero-order valence-electron chi connectivity index (χ0n) is 12.2. The van der Waals surface area contributed by atoms with Gasteiger partial charge in [0.2, 0.25) is 0 Å². The molecule has 19 heavy (non-hydrogen) atoms. The number of fused-ring (bicyclic) bond motifs is 1. The van der Waals surface area contributed by atoms with Crippen molar-refractivity contribution in [3.05, 3.63) is 17.2 Å². The lowest BCUT2D eigenvalue weighted by Crippen LogP contribution is -2.37. The van der Waals surface area contributed by atoms with Crippen molar-refractivity contribution in [3.63, 3.8) is 0 Å². The Morgan fingerprint density at radius 3 is 2.68 bits per heavy atom. The van der Waals surface area contributed by atoms with E-state index in [1.165, 1.54) is 11.9 Å². The van der Waals surface area contributed by atoms with Crippen molar-refractivity contribution in [2.24, 2.45) is 0 Å². The number of hydrogen-bond donors (Lipinski definition) is 1. The highest BCUT2D eigenvalue weighted by Gasteiger charge is 2.33. The Kier molecular flexibility index (Phi) is 3.75. The van der Waals surface area contributed by atoms with E-state index in [4.69, 9.17) is 0 Å². The Bertz CT molecular complexity index is 573. The van der Waals surface area contributed by atoms with Crippen LogP contribution < -0.4 is 5.32 Å². The van der Waals surface area contributed by atoms with Gasteiger partial charge < -0.3 is 9.88 Å². The summed E-state index contributed by atoms with van der Waals surface area (Å²) in [7, 11) is -3.09. The average molecular weight is 285 g/mol. The Balaban J connectivity index is 2.42. The topological polar surface area (TPSA) is 64.0 Å². The van der Waals surface area contributed by atoms with Crippen molar-refractivity contribution < 1.29 is 8.42 Å². The number of imidazole rings is 1. The van der Waals surface area contributed by atoms with Gasteiger partial charge in [0, 0.05) is 44.4 Å². The summed E-state index contributed by atoms with van der Waals surface area (Å²) in [6.45, 7) is 7.84. The number of aryl methyl sites for hydroxylation is 1. The number of hydrogen-bond acceptors (Lipinski definition) is 4. The molecular formula is C13H23N3O2S. The molecule has 0 amide bonds. The molecule has 0 unspecified atom stereocenters. The number of aromatic nitrogens is 2. The van der Waals surface area contributed by atoms with Crippen LogP contribution in [0.2, 0.25) is 0 Å². The van der Waals surface area contributed by atoms with Crippen molar-refractivity contribution >= 4 is 9.84 Å². The molecule has 108 valence electrons. The quantitative estimate of drug-likeness (QED) is 0.893. The first-order valence-electron chi connectivity index (χ1n) is 6.73. The summed E-state index contributed by atoms with van der Waals surface area (Å²) in [5.74, 6) is 0.991. The van der Waals surface area contributed by atoms with Gasteiger partial charge in [-0.3, -0.25) is 0 Å². The summed E-state index contributed by atoms with van der Waals surface area (Å²) in [5, 5.41) is 3.30. The molecule has 1 aliphatic heterocycles. The van der Waals surface area contributed by atoms with Gasteiger partial charge in [-0.1, -0.05) is 6.92 Å². The van der Waals surface area contributed by atoms with Crippen molar-refractivity contribution in [1.29, 1.82) is 0 Å². The number of nitrogens with one attached hydrogen (secondary N) is 1. The maximum atomic E-state index is 11.9. The fourth-order valence-electron chi connectivity index (χ4n) is 2.38. The van der Waals surface area contributed by atoms with E-state index in [1.807, 2.05) is 0 Å². The Labute approximate surface area is 115 Å². The Hall–Kier alpha value is -0.880. The predicted molar refractivity (Wildman–Crippen MR) is 75.9 cm³/mol. The molecule has 1 aromatic heterocycles. The minimum absolute atomic E-state index is 0.483. The van der Waals surface area contributed by atoms with Gasteiger partial charge in [0.1, 0.15) is 5.82 Å². The third-order valence-electron chi connectivity index (χ3n) is 3.92. The lowest BCUT2D eigenvalue weighted by atomic mass is 10.1. The highest BCUT2D eigenvalue weighted by Crippen LogP contribution is 2.23. The second-order valence-electron chi connectivity index (χ2n) is 5.82. The summed E-state index contributed by atoms with van der Waals surface area (Å²) in [6.07, 6.45) is 3.05. The summed E-state index contributed by atoms with van der Waals surface area (Å²) >= 11 is 0. The van der Waals surface area contributed by atoms with E-state index in [-0.39, 0.29) is 0 Å². The fraction of sp³-hybridized carbons (Fsp3) is 0.769. The SMILES string of the molecule is CCc1nc2c(n1CC(C)(C)S(C)(=O)=O)CCNC2. The standard InChI is InChI=1S/C13H23N3O2S/c1-5-12-15-10-8-14-7-6-11(10)16(12)9-13(2,3)19(4,17)18/h14H,5-9H2,1-4H3. The van der Waals surface area contributed by atoms with Crippen molar-refractivity contribution in [1.82, 2.24) is 14.9 Å². The molecule has 0 radical (unpaired) electrons. The van der Waals surface area contributed by atoms with Gasteiger partial charge in [-0.2, -0.15) is 0 Å². The van der Waals surface area contributed by atoms with E-state index in [1.54, 1.807) is 13.8 Å². The van der Waals surface area contributed by atoms with Crippen LogP contribution in [0.25, 0.3) is 0 Å². The number of nitrogens with zero attached hydrogens (tertiary/aromatic N) is 2. The fourth-order valence-corrected chi connectivity index (χ4v) is 2.74. The van der Waals surface area contributed by atoms with E-state index in [9.17, 15) is 8.42 Å². The van der Waals surface area contributed by atoms with Gasteiger partial charge in [-0.15, -0.1) is 0 Å². The van der Waals surface area contributed by atoms with Crippen molar-refractivity contribution in [2.75, 3.05) is 12.8 Å². The van der Waals surface area contributed by atoms with Crippen LogP contribution in [0.4, 0.5) is 0 Å². The Morgan fingerprint density at radius 2 is 2.11 bits per heavy atom. The second-order valence-corrected chi connectivity index (χ2v) is 8.47. The maximum absolute atomic E-state index is 11.9.